The zero-order chi connectivity index (χ0) is 23.3. The molecule has 0 N–H and O–H groups in total. The van der Waals surface area contributed by atoms with E-state index < -0.39 is 0 Å². The SMILES string of the molecule is CCCCCCCC(=O)Oc1cnc(-c2ccc([C@H]3CC[C@H](CCCCC)CC3)cc2)nc1. The predicted molar refractivity (Wildman–Crippen MR) is 135 cm³/mol. The number of unbranched alkanes of at least 4 members (excludes halogenated alkanes) is 6. The molecule has 1 aromatic carbocycles. The lowest BCUT2D eigenvalue weighted by Crippen LogP contribution is -2.13. The van der Waals surface area contributed by atoms with Gasteiger partial charge in [-0.3, -0.25) is 4.79 Å². The van der Waals surface area contributed by atoms with Gasteiger partial charge in [0.1, 0.15) is 0 Å². The largest absolute Gasteiger partial charge is 0.423 e. The van der Waals surface area contributed by atoms with Crippen LogP contribution in [0.1, 0.15) is 115 Å². The van der Waals surface area contributed by atoms with Crippen LogP contribution in [0.15, 0.2) is 36.7 Å². The van der Waals surface area contributed by atoms with Crippen LogP contribution in [0.3, 0.4) is 0 Å². The standard InChI is InChI=1S/C29H42N2O2/c1-3-5-7-8-10-12-28(32)33-27-21-30-29(31-22-27)26-19-17-25(18-20-26)24-15-13-23(14-16-24)11-9-6-4-2/h17-24H,3-16H2,1-2H3/t23-,24-. The minimum absolute atomic E-state index is 0.202. The number of nitrogens with zero attached hydrogens (tertiary/aromatic N) is 2. The molecule has 0 spiro atoms. The molecule has 1 fully saturated rings. The molecule has 1 heterocycles. The maximum absolute atomic E-state index is 12.0. The van der Waals surface area contributed by atoms with Gasteiger partial charge in [-0.1, -0.05) is 89.5 Å². The molecule has 0 amide bonds. The fraction of sp³-hybridized carbons (Fsp3) is 0.621. The predicted octanol–water partition coefficient (Wildman–Crippen LogP) is 8.26. The molecule has 4 nitrogen and oxygen atoms in total. The van der Waals surface area contributed by atoms with Crippen LogP contribution in [-0.4, -0.2) is 15.9 Å². The van der Waals surface area contributed by atoms with E-state index in [4.69, 9.17) is 4.74 Å². The molecule has 0 saturated heterocycles. The first-order chi connectivity index (χ1) is 16.2. The number of carbonyl (C=O) groups excluding carboxylic acids is 1. The summed E-state index contributed by atoms with van der Waals surface area (Å²) in [6.07, 6.45) is 20.1. The molecular weight excluding hydrogens is 408 g/mol. The van der Waals surface area contributed by atoms with E-state index in [0.29, 0.717) is 23.9 Å². The second kappa shape index (κ2) is 14.1. The van der Waals surface area contributed by atoms with E-state index in [-0.39, 0.29) is 5.97 Å². The van der Waals surface area contributed by atoms with Crippen molar-refractivity contribution >= 4 is 5.97 Å². The number of hydrogen-bond donors (Lipinski definition) is 0. The zero-order valence-corrected chi connectivity index (χ0v) is 20.7. The molecule has 1 saturated carbocycles. The summed E-state index contributed by atoms with van der Waals surface area (Å²) in [5.41, 5.74) is 2.44. The molecule has 1 aliphatic carbocycles. The first-order valence-corrected chi connectivity index (χ1v) is 13.3. The van der Waals surface area contributed by atoms with Gasteiger partial charge in [-0.05, 0) is 49.5 Å². The molecule has 1 aliphatic rings. The molecular formula is C29H42N2O2. The molecule has 0 bridgehead atoms. The van der Waals surface area contributed by atoms with Gasteiger partial charge in [0.15, 0.2) is 11.6 Å². The van der Waals surface area contributed by atoms with Crippen LogP contribution in [0.5, 0.6) is 5.75 Å². The second-order valence-electron chi connectivity index (χ2n) is 9.72. The Bertz CT molecular complexity index is 809. The summed E-state index contributed by atoms with van der Waals surface area (Å²) >= 11 is 0. The van der Waals surface area contributed by atoms with Crippen LogP contribution >= 0.6 is 0 Å². The molecule has 0 radical (unpaired) electrons. The summed E-state index contributed by atoms with van der Waals surface area (Å²) in [5, 5.41) is 0. The Labute approximate surface area is 200 Å². The van der Waals surface area contributed by atoms with Crippen molar-refractivity contribution in [1.29, 1.82) is 0 Å². The van der Waals surface area contributed by atoms with Gasteiger partial charge in [0, 0.05) is 12.0 Å². The topological polar surface area (TPSA) is 52.1 Å². The smallest absolute Gasteiger partial charge is 0.311 e. The van der Waals surface area contributed by atoms with Crippen LogP contribution in [-0.2, 0) is 4.79 Å². The van der Waals surface area contributed by atoms with Gasteiger partial charge in [0.25, 0.3) is 0 Å². The second-order valence-corrected chi connectivity index (χ2v) is 9.72. The van der Waals surface area contributed by atoms with E-state index in [1.54, 1.807) is 12.4 Å². The van der Waals surface area contributed by atoms with Crippen LogP contribution in [0, 0.1) is 5.92 Å². The van der Waals surface area contributed by atoms with Crippen molar-refractivity contribution in [2.45, 2.75) is 110 Å². The van der Waals surface area contributed by atoms with Gasteiger partial charge in [-0.25, -0.2) is 9.97 Å². The van der Waals surface area contributed by atoms with Gasteiger partial charge in [0.2, 0.25) is 0 Å². The Morgan fingerprint density at radius 3 is 2.15 bits per heavy atom. The molecule has 1 aromatic heterocycles. The summed E-state index contributed by atoms with van der Waals surface area (Å²) < 4.78 is 5.39. The van der Waals surface area contributed by atoms with Crippen molar-refractivity contribution < 1.29 is 9.53 Å². The Morgan fingerprint density at radius 2 is 1.48 bits per heavy atom. The monoisotopic (exact) mass is 450 g/mol. The lowest BCUT2D eigenvalue weighted by Gasteiger charge is -2.29. The van der Waals surface area contributed by atoms with E-state index in [2.05, 4.69) is 48.1 Å². The first kappa shape index (κ1) is 25.4. The third-order valence-electron chi connectivity index (χ3n) is 7.05. The first-order valence-electron chi connectivity index (χ1n) is 13.3. The van der Waals surface area contributed by atoms with Crippen LogP contribution in [0.2, 0.25) is 0 Å². The Kier molecular flexibility index (Phi) is 10.9. The van der Waals surface area contributed by atoms with Gasteiger partial charge in [0.05, 0.1) is 12.4 Å². The van der Waals surface area contributed by atoms with Crippen LogP contribution in [0.25, 0.3) is 11.4 Å². The quantitative estimate of drug-likeness (QED) is 0.228. The van der Waals surface area contributed by atoms with E-state index in [9.17, 15) is 4.79 Å². The summed E-state index contributed by atoms with van der Waals surface area (Å²) in [5.74, 6) is 2.51. The van der Waals surface area contributed by atoms with Crippen molar-refractivity contribution in [3.8, 4) is 17.1 Å². The Hall–Kier alpha value is -2.23. The Balaban J connectivity index is 1.44. The van der Waals surface area contributed by atoms with E-state index in [1.807, 2.05) is 0 Å². The summed E-state index contributed by atoms with van der Waals surface area (Å²) in [6.45, 7) is 4.47. The van der Waals surface area contributed by atoms with Crippen molar-refractivity contribution in [3.05, 3.63) is 42.2 Å². The van der Waals surface area contributed by atoms with Crippen molar-refractivity contribution in [3.63, 3.8) is 0 Å². The van der Waals surface area contributed by atoms with Crippen molar-refractivity contribution in [1.82, 2.24) is 9.97 Å². The van der Waals surface area contributed by atoms with Crippen LogP contribution < -0.4 is 4.74 Å². The zero-order valence-electron chi connectivity index (χ0n) is 20.7. The van der Waals surface area contributed by atoms with Crippen LogP contribution in [0.4, 0.5) is 0 Å². The lowest BCUT2D eigenvalue weighted by molar-refractivity contribution is -0.134. The number of rotatable bonds is 13. The Morgan fingerprint density at radius 1 is 0.848 bits per heavy atom. The maximum Gasteiger partial charge on any atom is 0.311 e. The molecule has 2 aromatic rings. The lowest BCUT2D eigenvalue weighted by atomic mass is 9.77. The highest BCUT2D eigenvalue weighted by Gasteiger charge is 2.22. The minimum atomic E-state index is -0.202. The van der Waals surface area contributed by atoms with E-state index >= 15 is 0 Å². The number of aromatic nitrogens is 2. The molecule has 0 atom stereocenters. The number of carbonyl (C=O) groups is 1. The molecule has 0 aliphatic heterocycles. The number of benzene rings is 1. The third kappa shape index (κ3) is 8.57. The molecule has 4 heteroatoms. The number of hydrogen-bond acceptors (Lipinski definition) is 4. The molecule has 33 heavy (non-hydrogen) atoms. The highest BCUT2D eigenvalue weighted by Crippen LogP contribution is 2.38. The van der Waals surface area contributed by atoms with Crippen molar-refractivity contribution in [2.24, 2.45) is 5.92 Å². The third-order valence-corrected chi connectivity index (χ3v) is 7.05. The van der Waals surface area contributed by atoms with E-state index in [0.717, 1.165) is 24.3 Å². The van der Waals surface area contributed by atoms with Gasteiger partial charge >= 0.3 is 5.97 Å². The molecule has 0 unspecified atom stereocenters. The summed E-state index contributed by atoms with van der Waals surface area (Å²) in [7, 11) is 0. The average molecular weight is 451 g/mol. The molecule has 3 rings (SSSR count). The minimum Gasteiger partial charge on any atom is -0.423 e. The van der Waals surface area contributed by atoms with Crippen molar-refractivity contribution in [2.75, 3.05) is 0 Å². The highest BCUT2D eigenvalue weighted by molar-refractivity contribution is 5.72. The normalized spacial score (nSPS) is 18.2. The summed E-state index contributed by atoms with van der Waals surface area (Å²) in [6, 6.07) is 8.74. The summed E-state index contributed by atoms with van der Waals surface area (Å²) in [4.78, 5) is 20.8. The molecule has 180 valence electrons. The number of esters is 1. The van der Waals surface area contributed by atoms with Gasteiger partial charge in [-0.15, -0.1) is 0 Å². The average Bonchev–Trinajstić information content (AvgIpc) is 2.85. The number of ether oxygens (including phenoxy) is 1. The highest BCUT2D eigenvalue weighted by atomic mass is 16.5. The van der Waals surface area contributed by atoms with Gasteiger partial charge < -0.3 is 4.74 Å². The van der Waals surface area contributed by atoms with E-state index in [1.165, 1.54) is 76.2 Å². The fourth-order valence-electron chi connectivity index (χ4n) is 4.95. The fourth-order valence-corrected chi connectivity index (χ4v) is 4.95. The maximum atomic E-state index is 12.0. The van der Waals surface area contributed by atoms with Gasteiger partial charge in [-0.2, -0.15) is 0 Å².